The van der Waals surface area contributed by atoms with Crippen LogP contribution < -0.4 is 16.0 Å². The number of aromatic nitrogens is 1. The molecule has 3 aromatic rings. The second-order valence-electron chi connectivity index (χ2n) is 9.27. The van der Waals surface area contributed by atoms with Crippen molar-refractivity contribution in [1.29, 1.82) is 0 Å². The van der Waals surface area contributed by atoms with E-state index >= 15 is 0 Å². The fourth-order valence-corrected chi connectivity index (χ4v) is 3.74. The topological polar surface area (TPSA) is 126 Å². The third kappa shape index (κ3) is 8.85. The standard InChI is InChI=1S/C26H30ClFN4O5/c1-26(2,16-33)12-19(30-22(34)14-29-13-18-9-6-10-20(28)24(18)27)15-36-25(35)31-23-11-21(32-37-23)17-7-4-3-5-8-17/h3-11,19,29,33H,12-16H2,1-2H3,(H,30,34)(H,31,35)/t19-/m0/s1. The van der Waals surface area contributed by atoms with Crippen LogP contribution in [0.3, 0.4) is 0 Å². The number of anilines is 1. The average Bonchev–Trinajstić information content (AvgIpc) is 3.34. The van der Waals surface area contributed by atoms with Crippen LogP contribution in [0.1, 0.15) is 25.8 Å². The molecule has 0 fully saturated rings. The normalized spacial score (nSPS) is 12.1. The summed E-state index contributed by atoms with van der Waals surface area (Å²) in [7, 11) is 0. The van der Waals surface area contributed by atoms with Crippen LogP contribution in [0.2, 0.25) is 5.02 Å². The van der Waals surface area contributed by atoms with Gasteiger partial charge in [0.05, 0.1) is 17.6 Å². The Hall–Kier alpha value is -3.47. The predicted molar refractivity (Wildman–Crippen MR) is 137 cm³/mol. The van der Waals surface area contributed by atoms with Gasteiger partial charge in [0.15, 0.2) is 0 Å². The van der Waals surface area contributed by atoms with Crippen LogP contribution in [0.5, 0.6) is 0 Å². The van der Waals surface area contributed by atoms with E-state index < -0.39 is 23.4 Å². The molecule has 2 amide bonds. The van der Waals surface area contributed by atoms with Crippen LogP contribution in [-0.2, 0) is 16.1 Å². The van der Waals surface area contributed by atoms with Crippen molar-refractivity contribution < 1.29 is 28.3 Å². The molecule has 0 saturated heterocycles. The number of benzene rings is 2. The molecule has 198 valence electrons. The van der Waals surface area contributed by atoms with Gasteiger partial charge < -0.3 is 25.0 Å². The quantitative estimate of drug-likeness (QED) is 0.273. The minimum Gasteiger partial charge on any atom is -0.447 e. The molecule has 0 bridgehead atoms. The fraction of sp³-hybridized carbons (Fsp3) is 0.346. The van der Waals surface area contributed by atoms with Crippen molar-refractivity contribution in [2.45, 2.75) is 32.9 Å². The second kappa shape index (κ2) is 13.2. The van der Waals surface area contributed by atoms with E-state index in [0.717, 1.165) is 5.56 Å². The summed E-state index contributed by atoms with van der Waals surface area (Å²) < 4.78 is 24.0. The predicted octanol–water partition coefficient (Wildman–Crippen LogP) is 4.37. The minimum atomic E-state index is -0.782. The number of aliphatic hydroxyl groups is 1. The first kappa shape index (κ1) is 28.1. The lowest BCUT2D eigenvalue weighted by atomic mass is 9.87. The Bertz CT molecular complexity index is 1190. The van der Waals surface area contributed by atoms with Crippen molar-refractivity contribution >= 4 is 29.5 Å². The van der Waals surface area contributed by atoms with Gasteiger partial charge in [-0.05, 0) is 23.5 Å². The maximum absolute atomic E-state index is 13.6. The maximum Gasteiger partial charge on any atom is 0.414 e. The summed E-state index contributed by atoms with van der Waals surface area (Å²) in [4.78, 5) is 24.9. The number of carbonyl (C=O) groups excluding carboxylic acids is 2. The first-order valence-electron chi connectivity index (χ1n) is 11.7. The number of aliphatic hydroxyl groups excluding tert-OH is 1. The van der Waals surface area contributed by atoms with E-state index in [2.05, 4.69) is 21.1 Å². The molecule has 1 atom stereocenters. The van der Waals surface area contributed by atoms with Gasteiger partial charge in [-0.1, -0.05) is 73.1 Å². The number of hydrogen-bond acceptors (Lipinski definition) is 7. The monoisotopic (exact) mass is 532 g/mol. The first-order valence-corrected chi connectivity index (χ1v) is 12.0. The summed E-state index contributed by atoms with van der Waals surface area (Å²) >= 11 is 5.94. The molecule has 4 N–H and O–H groups in total. The zero-order chi connectivity index (χ0) is 26.8. The van der Waals surface area contributed by atoms with Gasteiger partial charge in [-0.15, -0.1) is 0 Å². The molecule has 0 unspecified atom stereocenters. The average molecular weight is 533 g/mol. The molecule has 11 heteroatoms. The van der Waals surface area contributed by atoms with E-state index in [4.69, 9.17) is 20.9 Å². The summed E-state index contributed by atoms with van der Waals surface area (Å²) in [6.45, 7) is 3.51. The van der Waals surface area contributed by atoms with E-state index in [1.54, 1.807) is 12.1 Å². The molecular weight excluding hydrogens is 503 g/mol. The highest BCUT2D eigenvalue weighted by Gasteiger charge is 2.25. The fourth-order valence-electron chi connectivity index (χ4n) is 3.55. The van der Waals surface area contributed by atoms with Gasteiger partial charge in [0.2, 0.25) is 11.8 Å². The number of carbonyl (C=O) groups is 2. The Morgan fingerprint density at radius 3 is 2.68 bits per heavy atom. The van der Waals surface area contributed by atoms with E-state index in [1.165, 1.54) is 12.1 Å². The Balaban J connectivity index is 1.51. The van der Waals surface area contributed by atoms with Crippen molar-refractivity contribution in [2.24, 2.45) is 5.41 Å². The van der Waals surface area contributed by atoms with Crippen molar-refractivity contribution in [1.82, 2.24) is 15.8 Å². The van der Waals surface area contributed by atoms with Crippen molar-refractivity contribution in [2.75, 3.05) is 25.1 Å². The van der Waals surface area contributed by atoms with Crippen molar-refractivity contribution in [3.8, 4) is 11.3 Å². The Kier molecular flexibility index (Phi) is 10.0. The van der Waals surface area contributed by atoms with E-state index in [9.17, 15) is 19.1 Å². The molecule has 1 heterocycles. The molecule has 0 aliphatic heterocycles. The minimum absolute atomic E-state index is 0.0000358. The van der Waals surface area contributed by atoms with Crippen LogP contribution >= 0.6 is 11.6 Å². The SMILES string of the molecule is CC(C)(CO)C[C@@H](COC(=O)Nc1cc(-c2ccccc2)no1)NC(=O)CNCc1cccc(F)c1Cl. The molecule has 2 aromatic carbocycles. The number of halogens is 2. The lowest BCUT2D eigenvalue weighted by Gasteiger charge is -2.28. The van der Waals surface area contributed by atoms with Crippen LogP contribution in [0.4, 0.5) is 15.1 Å². The lowest BCUT2D eigenvalue weighted by molar-refractivity contribution is -0.121. The second-order valence-corrected chi connectivity index (χ2v) is 9.65. The largest absolute Gasteiger partial charge is 0.447 e. The third-order valence-corrected chi connectivity index (χ3v) is 5.87. The molecule has 0 aliphatic rings. The van der Waals surface area contributed by atoms with Gasteiger partial charge >= 0.3 is 6.09 Å². The summed E-state index contributed by atoms with van der Waals surface area (Å²) in [5.41, 5.74) is 1.37. The number of hydrogen-bond donors (Lipinski definition) is 4. The Labute approximate surface area is 219 Å². The molecule has 0 spiro atoms. The summed E-state index contributed by atoms with van der Waals surface area (Å²) in [6.07, 6.45) is -0.436. The zero-order valence-corrected chi connectivity index (χ0v) is 21.3. The number of amides is 2. The highest BCUT2D eigenvalue weighted by atomic mass is 35.5. The van der Waals surface area contributed by atoms with Crippen molar-refractivity contribution in [3.05, 3.63) is 71.0 Å². The maximum atomic E-state index is 13.6. The van der Waals surface area contributed by atoms with Gasteiger partial charge in [-0.25, -0.2) is 9.18 Å². The van der Waals surface area contributed by atoms with Gasteiger partial charge in [0, 0.05) is 24.8 Å². The van der Waals surface area contributed by atoms with Crippen LogP contribution in [0.15, 0.2) is 59.1 Å². The van der Waals surface area contributed by atoms with Gasteiger partial charge in [0.25, 0.3) is 0 Å². The number of nitrogens with zero attached hydrogens (tertiary/aromatic N) is 1. The van der Waals surface area contributed by atoms with Gasteiger partial charge in [-0.2, -0.15) is 0 Å². The smallest absolute Gasteiger partial charge is 0.414 e. The van der Waals surface area contributed by atoms with E-state index in [1.807, 2.05) is 44.2 Å². The molecule has 9 nitrogen and oxygen atoms in total. The number of nitrogens with one attached hydrogen (secondary N) is 3. The first-order chi connectivity index (χ1) is 17.7. The molecule has 37 heavy (non-hydrogen) atoms. The molecular formula is C26H30ClFN4O5. The molecule has 0 aliphatic carbocycles. The van der Waals surface area contributed by atoms with Gasteiger partial charge in [0.1, 0.15) is 18.1 Å². The lowest BCUT2D eigenvalue weighted by Crippen LogP contribution is -2.45. The Morgan fingerprint density at radius 1 is 1.19 bits per heavy atom. The Morgan fingerprint density at radius 2 is 1.95 bits per heavy atom. The summed E-state index contributed by atoms with van der Waals surface area (Å²) in [5, 5.41) is 21.8. The van der Waals surface area contributed by atoms with E-state index in [-0.39, 0.29) is 43.1 Å². The third-order valence-electron chi connectivity index (χ3n) is 5.45. The number of ether oxygens (including phenoxy) is 1. The van der Waals surface area contributed by atoms with Crippen LogP contribution in [0.25, 0.3) is 11.3 Å². The molecule has 1 aromatic heterocycles. The van der Waals surface area contributed by atoms with E-state index in [0.29, 0.717) is 17.7 Å². The summed E-state index contributed by atoms with van der Waals surface area (Å²) in [5.74, 6) is -0.785. The van der Waals surface area contributed by atoms with Crippen molar-refractivity contribution in [3.63, 3.8) is 0 Å². The highest BCUT2D eigenvalue weighted by molar-refractivity contribution is 6.31. The zero-order valence-electron chi connectivity index (χ0n) is 20.6. The highest BCUT2D eigenvalue weighted by Crippen LogP contribution is 2.23. The number of rotatable bonds is 12. The van der Waals surface area contributed by atoms with Crippen LogP contribution in [0, 0.1) is 11.2 Å². The summed E-state index contributed by atoms with van der Waals surface area (Å²) in [6, 6.07) is 14.8. The molecule has 3 rings (SSSR count). The molecule has 0 radical (unpaired) electrons. The van der Waals surface area contributed by atoms with Gasteiger partial charge in [-0.3, -0.25) is 10.1 Å². The molecule has 0 saturated carbocycles. The van der Waals surface area contributed by atoms with Crippen LogP contribution in [-0.4, -0.2) is 48.1 Å².